The van der Waals surface area contributed by atoms with Crippen molar-refractivity contribution >= 4 is 11.0 Å². The van der Waals surface area contributed by atoms with Crippen molar-refractivity contribution in [2.45, 2.75) is 44.9 Å². The van der Waals surface area contributed by atoms with Crippen molar-refractivity contribution in [3.63, 3.8) is 0 Å². The summed E-state index contributed by atoms with van der Waals surface area (Å²) in [6.45, 7) is 2.15. The van der Waals surface area contributed by atoms with Crippen molar-refractivity contribution in [1.29, 1.82) is 0 Å². The average Bonchev–Trinajstić information content (AvgIpc) is 2.68. The van der Waals surface area contributed by atoms with Crippen LogP contribution in [0.15, 0.2) is 18.2 Å². The van der Waals surface area contributed by atoms with Crippen LogP contribution in [0.4, 0.5) is 0 Å². The van der Waals surface area contributed by atoms with Crippen LogP contribution in [0.1, 0.15) is 49.4 Å². The lowest BCUT2D eigenvalue weighted by atomic mass is 9.89. The molecule has 1 aromatic carbocycles. The lowest BCUT2D eigenvalue weighted by Gasteiger charge is -2.21. The van der Waals surface area contributed by atoms with Crippen LogP contribution < -0.4 is 0 Å². The van der Waals surface area contributed by atoms with E-state index < -0.39 is 0 Å². The number of imidazole rings is 1. The van der Waals surface area contributed by atoms with Gasteiger partial charge in [-0.25, -0.2) is 4.98 Å². The van der Waals surface area contributed by atoms with E-state index in [1.807, 2.05) is 0 Å². The number of hydrogen-bond donors (Lipinski definition) is 0. The number of aromatic nitrogens is 2. The molecule has 2 nitrogen and oxygen atoms in total. The van der Waals surface area contributed by atoms with Gasteiger partial charge in [0.1, 0.15) is 5.82 Å². The van der Waals surface area contributed by atoms with Crippen molar-refractivity contribution in [2.24, 2.45) is 7.05 Å². The highest BCUT2D eigenvalue weighted by Gasteiger charge is 2.20. The molecule has 0 unspecified atom stereocenters. The predicted molar refractivity (Wildman–Crippen MR) is 71.3 cm³/mol. The Labute approximate surface area is 103 Å². The highest BCUT2D eigenvalue weighted by molar-refractivity contribution is 5.76. The van der Waals surface area contributed by atoms with Crippen molar-refractivity contribution in [1.82, 2.24) is 9.55 Å². The standard InChI is InChI=1S/C15H20N2/c1-11-8-9-13-14(10-11)17(2)15(16-13)12-6-4-3-5-7-12/h8-10,12H,3-7H2,1-2H3. The Kier molecular flexibility index (Phi) is 2.65. The summed E-state index contributed by atoms with van der Waals surface area (Å²) < 4.78 is 2.30. The average molecular weight is 228 g/mol. The topological polar surface area (TPSA) is 17.8 Å². The van der Waals surface area contributed by atoms with Gasteiger partial charge in [0.15, 0.2) is 0 Å². The SMILES string of the molecule is Cc1ccc2nc(C3CCCCC3)n(C)c2c1. The largest absolute Gasteiger partial charge is 0.331 e. The maximum atomic E-state index is 4.84. The molecule has 2 heteroatoms. The van der Waals surface area contributed by atoms with Gasteiger partial charge in [0.05, 0.1) is 11.0 Å². The first kappa shape index (κ1) is 10.8. The number of nitrogens with zero attached hydrogens (tertiary/aromatic N) is 2. The molecule has 2 aromatic rings. The Balaban J connectivity index is 2.07. The van der Waals surface area contributed by atoms with Crippen molar-refractivity contribution in [3.8, 4) is 0 Å². The zero-order valence-corrected chi connectivity index (χ0v) is 10.7. The number of benzene rings is 1. The van der Waals surface area contributed by atoms with Gasteiger partial charge >= 0.3 is 0 Å². The quantitative estimate of drug-likeness (QED) is 0.723. The van der Waals surface area contributed by atoms with Crippen LogP contribution in [0.25, 0.3) is 11.0 Å². The number of aryl methyl sites for hydroxylation is 2. The molecule has 1 saturated carbocycles. The highest BCUT2D eigenvalue weighted by atomic mass is 15.1. The monoisotopic (exact) mass is 228 g/mol. The normalized spacial score (nSPS) is 17.8. The summed E-state index contributed by atoms with van der Waals surface area (Å²) in [6, 6.07) is 6.55. The fraction of sp³-hybridized carbons (Fsp3) is 0.533. The van der Waals surface area contributed by atoms with Gasteiger partial charge in [0.25, 0.3) is 0 Å². The van der Waals surface area contributed by atoms with Gasteiger partial charge in [-0.05, 0) is 37.5 Å². The Morgan fingerprint density at radius 3 is 2.71 bits per heavy atom. The van der Waals surface area contributed by atoms with Gasteiger partial charge in [-0.15, -0.1) is 0 Å². The second-order valence-corrected chi connectivity index (χ2v) is 5.36. The zero-order valence-electron chi connectivity index (χ0n) is 10.7. The molecule has 0 aliphatic heterocycles. The van der Waals surface area contributed by atoms with E-state index in [1.54, 1.807) is 0 Å². The molecule has 0 radical (unpaired) electrons. The molecule has 90 valence electrons. The number of fused-ring (bicyclic) bond motifs is 1. The Morgan fingerprint density at radius 2 is 1.94 bits per heavy atom. The summed E-state index contributed by atoms with van der Waals surface area (Å²) >= 11 is 0. The molecule has 17 heavy (non-hydrogen) atoms. The molecular weight excluding hydrogens is 208 g/mol. The molecule has 3 rings (SSSR count). The lowest BCUT2D eigenvalue weighted by Crippen LogP contribution is -2.10. The summed E-state index contributed by atoms with van der Waals surface area (Å²) in [5, 5.41) is 0. The second kappa shape index (κ2) is 4.17. The van der Waals surface area contributed by atoms with E-state index in [0.717, 1.165) is 5.52 Å². The summed E-state index contributed by atoms with van der Waals surface area (Å²) in [5.41, 5.74) is 3.75. The van der Waals surface area contributed by atoms with Gasteiger partial charge in [0, 0.05) is 13.0 Å². The van der Waals surface area contributed by atoms with Crippen LogP contribution in [-0.4, -0.2) is 9.55 Å². The molecule has 0 amide bonds. The van der Waals surface area contributed by atoms with E-state index in [1.165, 1.54) is 49.0 Å². The Bertz CT molecular complexity index is 533. The molecule has 1 aliphatic carbocycles. The second-order valence-electron chi connectivity index (χ2n) is 5.36. The summed E-state index contributed by atoms with van der Waals surface area (Å²) in [7, 11) is 2.17. The highest BCUT2D eigenvalue weighted by Crippen LogP contribution is 2.33. The van der Waals surface area contributed by atoms with Gasteiger partial charge < -0.3 is 4.57 Å². The third kappa shape index (κ3) is 1.86. The van der Waals surface area contributed by atoms with E-state index in [2.05, 4.69) is 36.7 Å². The van der Waals surface area contributed by atoms with E-state index in [4.69, 9.17) is 4.98 Å². The minimum atomic E-state index is 0.682. The molecule has 0 bridgehead atoms. The van der Waals surface area contributed by atoms with Crippen LogP contribution >= 0.6 is 0 Å². The molecule has 1 heterocycles. The van der Waals surface area contributed by atoms with E-state index in [-0.39, 0.29) is 0 Å². The smallest absolute Gasteiger partial charge is 0.112 e. The van der Waals surface area contributed by atoms with E-state index in [9.17, 15) is 0 Å². The predicted octanol–water partition coefficient (Wildman–Crippen LogP) is 3.93. The maximum Gasteiger partial charge on any atom is 0.112 e. The molecular formula is C15H20N2. The Hall–Kier alpha value is -1.31. The molecule has 0 saturated heterocycles. The number of rotatable bonds is 1. The fourth-order valence-electron chi connectivity index (χ4n) is 3.04. The molecule has 1 aliphatic rings. The first-order valence-electron chi connectivity index (χ1n) is 6.68. The molecule has 0 atom stereocenters. The van der Waals surface area contributed by atoms with Crippen molar-refractivity contribution in [3.05, 3.63) is 29.6 Å². The van der Waals surface area contributed by atoms with Crippen molar-refractivity contribution < 1.29 is 0 Å². The molecule has 0 spiro atoms. The number of hydrogen-bond acceptors (Lipinski definition) is 1. The third-order valence-corrected chi connectivity index (χ3v) is 4.04. The van der Waals surface area contributed by atoms with Gasteiger partial charge in [0.2, 0.25) is 0 Å². The van der Waals surface area contributed by atoms with E-state index >= 15 is 0 Å². The van der Waals surface area contributed by atoms with Crippen LogP contribution in [-0.2, 0) is 7.05 Å². The molecule has 1 aromatic heterocycles. The first-order valence-corrected chi connectivity index (χ1v) is 6.68. The van der Waals surface area contributed by atoms with E-state index in [0.29, 0.717) is 5.92 Å². The van der Waals surface area contributed by atoms with Crippen LogP contribution in [0.2, 0.25) is 0 Å². The van der Waals surface area contributed by atoms with Gasteiger partial charge in [-0.1, -0.05) is 25.3 Å². The van der Waals surface area contributed by atoms with Crippen molar-refractivity contribution in [2.75, 3.05) is 0 Å². The lowest BCUT2D eigenvalue weighted by molar-refractivity contribution is 0.423. The molecule has 1 fully saturated rings. The minimum Gasteiger partial charge on any atom is -0.331 e. The van der Waals surface area contributed by atoms with Gasteiger partial charge in [-0.3, -0.25) is 0 Å². The third-order valence-electron chi connectivity index (χ3n) is 4.04. The minimum absolute atomic E-state index is 0.682. The van der Waals surface area contributed by atoms with Crippen LogP contribution in [0.3, 0.4) is 0 Å². The Morgan fingerprint density at radius 1 is 1.18 bits per heavy atom. The fourth-order valence-corrected chi connectivity index (χ4v) is 3.04. The summed E-state index contributed by atoms with van der Waals surface area (Å²) in [6.07, 6.45) is 6.77. The van der Waals surface area contributed by atoms with Crippen LogP contribution in [0, 0.1) is 6.92 Å². The summed E-state index contributed by atoms with van der Waals surface area (Å²) in [4.78, 5) is 4.84. The van der Waals surface area contributed by atoms with Crippen LogP contribution in [0.5, 0.6) is 0 Å². The maximum absolute atomic E-state index is 4.84. The van der Waals surface area contributed by atoms with Gasteiger partial charge in [-0.2, -0.15) is 0 Å². The molecule has 0 N–H and O–H groups in total. The first-order chi connectivity index (χ1) is 8.25. The zero-order chi connectivity index (χ0) is 11.8. The summed E-state index contributed by atoms with van der Waals surface area (Å²) in [5.74, 6) is 1.98.